The summed E-state index contributed by atoms with van der Waals surface area (Å²) in [5.41, 5.74) is 0.489. The van der Waals surface area contributed by atoms with Crippen LogP contribution in [0.4, 0.5) is 5.82 Å². The van der Waals surface area contributed by atoms with Gasteiger partial charge in [0.2, 0.25) is 0 Å². The van der Waals surface area contributed by atoms with Crippen molar-refractivity contribution in [2.45, 2.75) is 19.6 Å². The minimum absolute atomic E-state index is 0.114. The zero-order valence-electron chi connectivity index (χ0n) is 9.57. The Hall–Kier alpha value is -1.21. The molecule has 6 nitrogen and oxygen atoms in total. The summed E-state index contributed by atoms with van der Waals surface area (Å²) in [5.74, 6) is 0.902. The molecule has 1 aromatic rings. The lowest BCUT2D eigenvalue weighted by Gasteiger charge is -2.33. The van der Waals surface area contributed by atoms with E-state index in [2.05, 4.69) is 9.97 Å². The molecular formula is C10H15N3O3S. The van der Waals surface area contributed by atoms with Gasteiger partial charge in [-0.05, 0) is 6.92 Å². The number of hydrogen-bond donors (Lipinski definition) is 1. The fourth-order valence-corrected chi connectivity index (χ4v) is 3.50. The molecule has 17 heavy (non-hydrogen) atoms. The maximum Gasteiger partial charge on any atom is 0.154 e. The van der Waals surface area contributed by atoms with Crippen LogP contribution in [0.2, 0.25) is 0 Å². The van der Waals surface area contributed by atoms with Crippen LogP contribution in [0.25, 0.3) is 0 Å². The van der Waals surface area contributed by atoms with E-state index >= 15 is 0 Å². The third kappa shape index (κ3) is 2.73. The molecule has 1 fully saturated rings. The highest BCUT2D eigenvalue weighted by molar-refractivity contribution is 7.91. The number of nitrogens with zero attached hydrogens (tertiary/aromatic N) is 3. The Bertz CT molecular complexity index is 503. The first-order valence-corrected chi connectivity index (χ1v) is 7.23. The van der Waals surface area contributed by atoms with Gasteiger partial charge in [-0.2, -0.15) is 0 Å². The second-order valence-corrected chi connectivity index (χ2v) is 6.41. The lowest BCUT2D eigenvalue weighted by Crippen LogP contribution is -2.47. The molecule has 1 aliphatic rings. The first-order chi connectivity index (χ1) is 8.02. The fraction of sp³-hybridized carbons (Fsp3) is 0.600. The maximum atomic E-state index is 11.5. The summed E-state index contributed by atoms with van der Waals surface area (Å²) in [6.45, 7) is 2.11. The summed E-state index contributed by atoms with van der Waals surface area (Å²) in [6, 6.07) is -0.114. The van der Waals surface area contributed by atoms with Gasteiger partial charge in [0.15, 0.2) is 9.84 Å². The Morgan fingerprint density at radius 2 is 2.29 bits per heavy atom. The van der Waals surface area contributed by atoms with Gasteiger partial charge in [-0.1, -0.05) is 0 Å². The first kappa shape index (κ1) is 12.3. The summed E-state index contributed by atoms with van der Waals surface area (Å²) >= 11 is 0. The van der Waals surface area contributed by atoms with Crippen LogP contribution >= 0.6 is 0 Å². The minimum Gasteiger partial charge on any atom is -0.390 e. The van der Waals surface area contributed by atoms with E-state index < -0.39 is 9.84 Å². The molecule has 0 radical (unpaired) electrons. The van der Waals surface area contributed by atoms with Crippen LogP contribution in [-0.4, -0.2) is 47.6 Å². The van der Waals surface area contributed by atoms with E-state index in [1.165, 1.54) is 6.20 Å². The van der Waals surface area contributed by atoms with E-state index in [9.17, 15) is 8.42 Å². The lowest BCUT2D eigenvalue weighted by molar-refractivity contribution is 0.276. The molecule has 94 valence electrons. The summed E-state index contributed by atoms with van der Waals surface area (Å²) in [6.07, 6.45) is 3.09. The molecule has 0 aliphatic carbocycles. The highest BCUT2D eigenvalue weighted by Crippen LogP contribution is 2.18. The van der Waals surface area contributed by atoms with Crippen molar-refractivity contribution in [1.29, 1.82) is 0 Å². The van der Waals surface area contributed by atoms with Crippen molar-refractivity contribution in [2.24, 2.45) is 0 Å². The van der Waals surface area contributed by atoms with Gasteiger partial charge in [0.05, 0.1) is 36.2 Å². The standard InChI is InChI=1S/C10H15N3O3S/c1-8-7-17(15,16)3-2-13(8)10-5-11-4-9(6-14)12-10/h4-5,8,14H,2-3,6-7H2,1H3. The van der Waals surface area contributed by atoms with Gasteiger partial charge in [0.25, 0.3) is 0 Å². The minimum atomic E-state index is -2.93. The second kappa shape index (κ2) is 4.58. The number of hydrogen-bond acceptors (Lipinski definition) is 6. The van der Waals surface area contributed by atoms with Gasteiger partial charge in [0.1, 0.15) is 5.82 Å². The molecule has 0 aromatic carbocycles. The van der Waals surface area contributed by atoms with Gasteiger partial charge < -0.3 is 10.0 Å². The molecule has 2 heterocycles. The number of sulfone groups is 1. The van der Waals surface area contributed by atoms with Gasteiger partial charge in [0, 0.05) is 12.6 Å². The normalized spacial score (nSPS) is 23.6. The Morgan fingerprint density at radius 1 is 1.53 bits per heavy atom. The molecule has 1 saturated heterocycles. The third-order valence-corrected chi connectivity index (χ3v) is 4.59. The number of anilines is 1. The van der Waals surface area contributed by atoms with E-state index in [-0.39, 0.29) is 24.2 Å². The molecule has 0 bridgehead atoms. The van der Waals surface area contributed by atoms with E-state index in [0.717, 1.165) is 0 Å². The zero-order valence-corrected chi connectivity index (χ0v) is 10.4. The summed E-state index contributed by atoms with van der Waals surface area (Å²) in [5, 5.41) is 8.99. The summed E-state index contributed by atoms with van der Waals surface area (Å²) in [7, 11) is -2.93. The molecule has 1 N–H and O–H groups in total. The molecular weight excluding hydrogens is 242 g/mol. The predicted octanol–water partition coefficient (Wildman–Crippen LogP) is -0.408. The maximum absolute atomic E-state index is 11.5. The van der Waals surface area contributed by atoms with Crippen LogP contribution in [0.3, 0.4) is 0 Å². The monoisotopic (exact) mass is 257 g/mol. The highest BCUT2D eigenvalue weighted by Gasteiger charge is 2.29. The predicted molar refractivity (Wildman–Crippen MR) is 63.4 cm³/mol. The average Bonchev–Trinajstić information content (AvgIpc) is 2.28. The van der Waals surface area contributed by atoms with Crippen LogP contribution in [0.15, 0.2) is 12.4 Å². The van der Waals surface area contributed by atoms with Crippen LogP contribution in [0, 0.1) is 0 Å². The zero-order chi connectivity index (χ0) is 12.5. The molecule has 0 spiro atoms. The second-order valence-electron chi connectivity index (χ2n) is 4.18. The fourth-order valence-electron chi connectivity index (χ4n) is 1.95. The quantitative estimate of drug-likeness (QED) is 0.775. The van der Waals surface area contributed by atoms with E-state index in [0.29, 0.717) is 18.1 Å². The van der Waals surface area contributed by atoms with Crippen molar-refractivity contribution in [3.63, 3.8) is 0 Å². The van der Waals surface area contributed by atoms with Crippen molar-refractivity contribution < 1.29 is 13.5 Å². The number of aromatic nitrogens is 2. The Morgan fingerprint density at radius 3 is 2.94 bits per heavy atom. The first-order valence-electron chi connectivity index (χ1n) is 5.41. The van der Waals surface area contributed by atoms with Crippen molar-refractivity contribution in [3.8, 4) is 0 Å². The van der Waals surface area contributed by atoms with Crippen LogP contribution in [0.5, 0.6) is 0 Å². The molecule has 1 aliphatic heterocycles. The van der Waals surface area contributed by atoms with Crippen molar-refractivity contribution in [2.75, 3.05) is 23.0 Å². The van der Waals surface area contributed by atoms with Crippen molar-refractivity contribution >= 4 is 15.7 Å². The van der Waals surface area contributed by atoms with Crippen LogP contribution < -0.4 is 4.90 Å². The van der Waals surface area contributed by atoms with Crippen LogP contribution in [0.1, 0.15) is 12.6 Å². The lowest BCUT2D eigenvalue weighted by atomic mass is 10.3. The Balaban J connectivity index is 2.23. The molecule has 1 aromatic heterocycles. The SMILES string of the molecule is CC1CS(=O)(=O)CCN1c1cncc(CO)n1. The van der Waals surface area contributed by atoms with E-state index in [4.69, 9.17) is 5.11 Å². The van der Waals surface area contributed by atoms with Crippen molar-refractivity contribution in [3.05, 3.63) is 18.1 Å². The van der Waals surface area contributed by atoms with E-state index in [1.807, 2.05) is 11.8 Å². The molecule has 0 saturated carbocycles. The van der Waals surface area contributed by atoms with Gasteiger partial charge >= 0.3 is 0 Å². The largest absolute Gasteiger partial charge is 0.390 e. The topological polar surface area (TPSA) is 83.4 Å². The average molecular weight is 257 g/mol. The number of aliphatic hydroxyl groups is 1. The van der Waals surface area contributed by atoms with Crippen LogP contribution in [-0.2, 0) is 16.4 Å². The Kier molecular flexibility index (Phi) is 3.30. The molecule has 2 rings (SSSR count). The molecule has 7 heteroatoms. The summed E-state index contributed by atoms with van der Waals surface area (Å²) in [4.78, 5) is 10.1. The summed E-state index contributed by atoms with van der Waals surface area (Å²) < 4.78 is 22.9. The molecule has 1 atom stereocenters. The number of aliphatic hydroxyl groups excluding tert-OH is 1. The third-order valence-electron chi connectivity index (χ3n) is 2.80. The smallest absolute Gasteiger partial charge is 0.154 e. The number of rotatable bonds is 2. The Labute approximate surface area is 100 Å². The molecule has 1 unspecified atom stereocenters. The van der Waals surface area contributed by atoms with Gasteiger partial charge in [-0.25, -0.2) is 13.4 Å². The van der Waals surface area contributed by atoms with Gasteiger partial charge in [-0.3, -0.25) is 4.98 Å². The highest BCUT2D eigenvalue weighted by atomic mass is 32.2. The van der Waals surface area contributed by atoms with Crippen molar-refractivity contribution in [1.82, 2.24) is 9.97 Å². The van der Waals surface area contributed by atoms with E-state index in [1.54, 1.807) is 6.20 Å². The molecule has 0 amide bonds. The van der Waals surface area contributed by atoms with Gasteiger partial charge in [-0.15, -0.1) is 0 Å².